The highest BCUT2D eigenvalue weighted by Gasteiger charge is 2.30. The second-order valence-corrected chi connectivity index (χ2v) is 31.6. The summed E-state index contributed by atoms with van der Waals surface area (Å²) in [6.07, 6.45) is 56.7. The summed E-state index contributed by atoms with van der Waals surface area (Å²) in [7, 11) is -9.91. The van der Waals surface area contributed by atoms with E-state index in [0.717, 1.165) is 102 Å². The lowest BCUT2D eigenvalue weighted by atomic mass is 10.0. The standard InChI is InChI=1S/C77H150O17P2/c1-7-9-11-13-15-17-19-29-35-41-47-53-59-74(79)87-65-72(93-76(81)61-55-49-43-37-30-20-18-16-14-12-10-8-2)67-91-95(83,84)89-63-71(78)64-90-96(85,86)92-68-73(66-88-75(80)60-54-48-42-36-32-26-28-34-40-46-52-58-70(5)6)94-77(82)62-56-50-44-38-31-25-23-21-22-24-27-33-39-45-51-57-69(3)4/h69-73,78H,7-68H2,1-6H3,(H,83,84)(H,85,86)/t71-,72+,73+/m0/s1. The van der Waals surface area contributed by atoms with Crippen LogP contribution in [0.25, 0.3) is 0 Å². The summed E-state index contributed by atoms with van der Waals surface area (Å²) in [6.45, 7) is 9.64. The fourth-order valence-corrected chi connectivity index (χ4v) is 13.4. The average molecular weight is 1410 g/mol. The zero-order valence-electron chi connectivity index (χ0n) is 62.7. The van der Waals surface area contributed by atoms with Crippen LogP contribution in [0.4, 0.5) is 0 Å². The first-order valence-corrected chi connectivity index (χ1v) is 43.0. The van der Waals surface area contributed by atoms with Crippen LogP contribution in [0.5, 0.6) is 0 Å². The van der Waals surface area contributed by atoms with E-state index in [2.05, 4.69) is 41.5 Å². The van der Waals surface area contributed by atoms with Gasteiger partial charge in [0.1, 0.15) is 19.3 Å². The van der Waals surface area contributed by atoms with Gasteiger partial charge < -0.3 is 33.8 Å². The molecule has 0 aromatic rings. The predicted octanol–water partition coefficient (Wildman–Crippen LogP) is 22.7. The summed E-state index contributed by atoms with van der Waals surface area (Å²) < 4.78 is 68.6. The van der Waals surface area contributed by atoms with E-state index in [0.29, 0.717) is 25.7 Å². The zero-order chi connectivity index (χ0) is 70.7. The van der Waals surface area contributed by atoms with Crippen molar-refractivity contribution in [1.82, 2.24) is 0 Å². The Labute approximate surface area is 588 Å². The van der Waals surface area contributed by atoms with Gasteiger partial charge in [0.15, 0.2) is 12.2 Å². The Morgan fingerprint density at radius 3 is 0.708 bits per heavy atom. The van der Waals surface area contributed by atoms with Gasteiger partial charge in [-0.15, -0.1) is 0 Å². The number of aliphatic hydroxyl groups is 1. The fourth-order valence-electron chi connectivity index (χ4n) is 11.8. The summed E-state index contributed by atoms with van der Waals surface area (Å²) in [5.74, 6) is -0.538. The van der Waals surface area contributed by atoms with E-state index in [9.17, 15) is 43.2 Å². The molecule has 0 aliphatic carbocycles. The van der Waals surface area contributed by atoms with Gasteiger partial charge in [0.25, 0.3) is 0 Å². The fraction of sp³-hybridized carbons (Fsp3) is 0.948. The summed E-state index contributed by atoms with van der Waals surface area (Å²) in [5, 5.41) is 10.6. The molecule has 2 unspecified atom stereocenters. The molecule has 0 amide bonds. The molecule has 17 nitrogen and oxygen atoms in total. The van der Waals surface area contributed by atoms with Gasteiger partial charge in [-0.2, -0.15) is 0 Å². The Balaban J connectivity index is 5.25. The first-order valence-electron chi connectivity index (χ1n) is 40.0. The van der Waals surface area contributed by atoms with Crippen LogP contribution in [0.1, 0.15) is 401 Å². The van der Waals surface area contributed by atoms with Gasteiger partial charge in [0, 0.05) is 25.7 Å². The molecule has 0 aliphatic heterocycles. The van der Waals surface area contributed by atoms with E-state index >= 15 is 0 Å². The predicted molar refractivity (Wildman–Crippen MR) is 391 cm³/mol. The highest BCUT2D eigenvalue weighted by atomic mass is 31.2. The number of esters is 4. The molecule has 0 saturated carbocycles. The number of hydrogen-bond acceptors (Lipinski definition) is 15. The summed E-state index contributed by atoms with van der Waals surface area (Å²) in [4.78, 5) is 72.9. The highest BCUT2D eigenvalue weighted by Crippen LogP contribution is 2.45. The number of aliphatic hydroxyl groups excluding tert-OH is 1. The molecule has 0 saturated heterocycles. The van der Waals surface area contributed by atoms with Crippen LogP contribution in [-0.2, 0) is 65.4 Å². The minimum Gasteiger partial charge on any atom is -0.462 e. The van der Waals surface area contributed by atoms with Gasteiger partial charge in [0.05, 0.1) is 26.4 Å². The maximum atomic E-state index is 13.1. The molecule has 0 spiro atoms. The number of phosphoric acid groups is 2. The average Bonchev–Trinajstić information content (AvgIpc) is 1.98. The zero-order valence-corrected chi connectivity index (χ0v) is 64.5. The maximum Gasteiger partial charge on any atom is 0.472 e. The molecule has 570 valence electrons. The van der Waals surface area contributed by atoms with Gasteiger partial charge in [-0.05, 0) is 37.5 Å². The van der Waals surface area contributed by atoms with E-state index in [-0.39, 0.29) is 25.7 Å². The molecule has 0 radical (unpaired) electrons. The molecule has 5 atom stereocenters. The first-order chi connectivity index (χ1) is 46.4. The summed E-state index contributed by atoms with van der Waals surface area (Å²) in [6, 6.07) is 0. The number of phosphoric ester groups is 2. The van der Waals surface area contributed by atoms with Gasteiger partial charge in [-0.25, -0.2) is 9.13 Å². The Hall–Kier alpha value is -1.94. The van der Waals surface area contributed by atoms with E-state index < -0.39 is 97.5 Å². The van der Waals surface area contributed by atoms with Crippen LogP contribution in [0.15, 0.2) is 0 Å². The van der Waals surface area contributed by atoms with Crippen molar-refractivity contribution in [1.29, 1.82) is 0 Å². The van der Waals surface area contributed by atoms with E-state index in [4.69, 9.17) is 37.0 Å². The molecule has 0 aromatic carbocycles. The largest absolute Gasteiger partial charge is 0.472 e. The number of carbonyl (C=O) groups excluding carboxylic acids is 4. The third-order valence-corrected chi connectivity index (χ3v) is 19.9. The SMILES string of the molecule is CCCCCCCCCCCCCCC(=O)OC[C@H](COP(=O)(O)OC[C@H](O)COP(=O)(O)OC[C@@H](COC(=O)CCCCCCCCCCCCCC(C)C)OC(=O)CCCCCCCCCCCCCCCCCC(C)C)OC(=O)CCCCCCCCCCCCCC. The Morgan fingerprint density at radius 2 is 0.479 bits per heavy atom. The number of carbonyl (C=O) groups is 4. The van der Waals surface area contributed by atoms with Crippen molar-refractivity contribution < 1.29 is 80.2 Å². The molecule has 0 bridgehead atoms. The number of rotatable bonds is 76. The molecular weight excluding hydrogens is 1260 g/mol. The lowest BCUT2D eigenvalue weighted by molar-refractivity contribution is -0.161. The van der Waals surface area contributed by atoms with Crippen LogP contribution in [0, 0.1) is 11.8 Å². The number of unbranched alkanes of at least 4 members (excludes halogenated alkanes) is 46. The number of hydrogen-bond donors (Lipinski definition) is 3. The van der Waals surface area contributed by atoms with Crippen LogP contribution in [0.3, 0.4) is 0 Å². The maximum absolute atomic E-state index is 13.1. The first kappa shape index (κ1) is 94.1. The molecule has 0 heterocycles. The van der Waals surface area contributed by atoms with Crippen molar-refractivity contribution in [3.63, 3.8) is 0 Å². The minimum atomic E-state index is -4.96. The van der Waals surface area contributed by atoms with Gasteiger partial charge in [-0.1, -0.05) is 350 Å². The van der Waals surface area contributed by atoms with Crippen molar-refractivity contribution in [2.45, 2.75) is 419 Å². The topological polar surface area (TPSA) is 237 Å². The molecule has 0 aliphatic rings. The van der Waals surface area contributed by atoms with Crippen LogP contribution in [-0.4, -0.2) is 96.7 Å². The van der Waals surface area contributed by atoms with E-state index in [1.807, 2.05) is 0 Å². The van der Waals surface area contributed by atoms with Gasteiger partial charge in [0.2, 0.25) is 0 Å². The molecular formula is C77H150O17P2. The normalized spacial score (nSPS) is 14.0. The molecule has 0 rings (SSSR count). The second-order valence-electron chi connectivity index (χ2n) is 28.7. The molecule has 3 N–H and O–H groups in total. The lowest BCUT2D eigenvalue weighted by Crippen LogP contribution is -2.30. The van der Waals surface area contributed by atoms with Crippen LogP contribution >= 0.6 is 15.6 Å². The minimum absolute atomic E-state index is 0.108. The Morgan fingerprint density at radius 1 is 0.281 bits per heavy atom. The van der Waals surface area contributed by atoms with Gasteiger partial charge >= 0.3 is 39.5 Å². The van der Waals surface area contributed by atoms with Crippen molar-refractivity contribution in [2.24, 2.45) is 11.8 Å². The van der Waals surface area contributed by atoms with Crippen molar-refractivity contribution in [3.05, 3.63) is 0 Å². The quantitative estimate of drug-likeness (QED) is 0.0222. The summed E-state index contributed by atoms with van der Waals surface area (Å²) >= 11 is 0. The van der Waals surface area contributed by atoms with E-state index in [1.54, 1.807) is 0 Å². The molecule has 96 heavy (non-hydrogen) atoms. The van der Waals surface area contributed by atoms with Crippen LogP contribution < -0.4 is 0 Å². The van der Waals surface area contributed by atoms with Crippen LogP contribution in [0.2, 0.25) is 0 Å². The Kier molecular flexibility index (Phi) is 67.4. The highest BCUT2D eigenvalue weighted by molar-refractivity contribution is 7.47. The van der Waals surface area contributed by atoms with Crippen molar-refractivity contribution in [3.8, 4) is 0 Å². The Bertz CT molecular complexity index is 1860. The smallest absolute Gasteiger partial charge is 0.462 e. The third-order valence-electron chi connectivity index (χ3n) is 18.0. The van der Waals surface area contributed by atoms with E-state index in [1.165, 1.54) is 218 Å². The number of ether oxygens (including phenoxy) is 4. The van der Waals surface area contributed by atoms with Gasteiger partial charge in [-0.3, -0.25) is 37.3 Å². The molecule has 0 aromatic heterocycles. The summed E-state index contributed by atoms with van der Waals surface area (Å²) in [5.41, 5.74) is 0. The van der Waals surface area contributed by atoms with Crippen molar-refractivity contribution >= 4 is 39.5 Å². The molecule has 0 fully saturated rings. The molecule has 19 heteroatoms. The third kappa shape index (κ3) is 70.5. The van der Waals surface area contributed by atoms with Crippen molar-refractivity contribution in [2.75, 3.05) is 39.6 Å². The monoisotopic (exact) mass is 1410 g/mol. The lowest BCUT2D eigenvalue weighted by Gasteiger charge is -2.21. The second kappa shape index (κ2) is 68.8.